The molecule has 0 unspecified atom stereocenters. The molecule has 0 heterocycles. The average Bonchev–Trinajstić information content (AvgIpc) is 2.26. The minimum atomic E-state index is 1.08. The van der Waals surface area contributed by atoms with Crippen molar-refractivity contribution in [2.24, 2.45) is 0 Å². The fraction of sp³-hybridized carbons (Fsp3) is 0.462. The monoisotopic (exact) mass is 190 g/mol. The second-order valence-electron chi connectivity index (χ2n) is 3.46. The van der Waals surface area contributed by atoms with Gasteiger partial charge in [-0.05, 0) is 31.5 Å². The molecule has 0 saturated carbocycles. The van der Waals surface area contributed by atoms with Crippen LogP contribution in [0.2, 0.25) is 0 Å². The summed E-state index contributed by atoms with van der Waals surface area (Å²) in [6, 6.07) is 10.6. The van der Waals surface area contributed by atoms with E-state index in [9.17, 15) is 0 Å². The Balaban J connectivity index is 2.21. The van der Waals surface area contributed by atoms with Crippen molar-refractivity contribution in [2.75, 3.05) is 19.6 Å². The van der Waals surface area contributed by atoms with Crippen molar-refractivity contribution >= 4 is 0 Å². The van der Waals surface area contributed by atoms with E-state index in [2.05, 4.69) is 55.5 Å². The van der Waals surface area contributed by atoms with Gasteiger partial charge in [0.2, 0.25) is 0 Å². The Morgan fingerprint density at radius 3 is 2.29 bits per heavy atom. The molecule has 0 saturated heterocycles. The van der Waals surface area contributed by atoms with Crippen molar-refractivity contribution in [3.05, 3.63) is 42.3 Å². The number of rotatable bonds is 6. The lowest BCUT2D eigenvalue weighted by atomic mass is 10.1. The highest BCUT2D eigenvalue weighted by Gasteiger charge is 1.98. The third-order valence-electron chi connectivity index (χ3n) is 2.50. The smallest absolute Gasteiger partial charge is 0.00159 e. The lowest BCUT2D eigenvalue weighted by Crippen LogP contribution is -2.24. The Morgan fingerprint density at radius 1 is 1.07 bits per heavy atom. The molecule has 1 radical (unpaired) electrons. The van der Waals surface area contributed by atoms with Crippen LogP contribution in [0.3, 0.4) is 0 Å². The molecule has 1 aromatic carbocycles. The van der Waals surface area contributed by atoms with Gasteiger partial charge in [0.15, 0.2) is 0 Å². The number of benzene rings is 1. The van der Waals surface area contributed by atoms with Crippen LogP contribution in [0.1, 0.15) is 19.4 Å². The van der Waals surface area contributed by atoms with Crippen LogP contribution >= 0.6 is 0 Å². The predicted octanol–water partition coefficient (Wildman–Crippen LogP) is 2.78. The van der Waals surface area contributed by atoms with E-state index in [0.29, 0.717) is 0 Å². The molecule has 0 aromatic heterocycles. The molecule has 0 aliphatic rings. The molecule has 0 spiro atoms. The van der Waals surface area contributed by atoms with Gasteiger partial charge in [-0.1, -0.05) is 44.2 Å². The van der Waals surface area contributed by atoms with Crippen molar-refractivity contribution in [1.82, 2.24) is 4.90 Å². The maximum atomic E-state index is 2.42. The summed E-state index contributed by atoms with van der Waals surface area (Å²) in [5.74, 6) is 0. The van der Waals surface area contributed by atoms with Crippen LogP contribution in [0.15, 0.2) is 30.3 Å². The molecule has 14 heavy (non-hydrogen) atoms. The largest absolute Gasteiger partial charge is 0.304 e. The van der Waals surface area contributed by atoms with E-state index in [1.807, 2.05) is 0 Å². The highest BCUT2D eigenvalue weighted by molar-refractivity contribution is 5.16. The quantitative estimate of drug-likeness (QED) is 0.666. The molecule has 0 aliphatic heterocycles. The Labute approximate surface area is 87.7 Å². The summed E-state index contributed by atoms with van der Waals surface area (Å²) in [5.41, 5.74) is 1.40. The maximum absolute atomic E-state index is 2.42. The molecule has 0 atom stereocenters. The molecule has 0 N–H and O–H groups in total. The van der Waals surface area contributed by atoms with E-state index in [1.165, 1.54) is 5.56 Å². The zero-order valence-corrected chi connectivity index (χ0v) is 9.24. The van der Waals surface area contributed by atoms with Gasteiger partial charge in [0.05, 0.1) is 0 Å². The Bertz CT molecular complexity index is 226. The summed E-state index contributed by atoms with van der Waals surface area (Å²) in [7, 11) is 0. The lowest BCUT2D eigenvalue weighted by Gasteiger charge is -2.17. The topological polar surface area (TPSA) is 3.24 Å². The predicted molar refractivity (Wildman–Crippen MR) is 62.2 cm³/mol. The summed E-state index contributed by atoms with van der Waals surface area (Å²) in [5, 5.41) is 0. The Morgan fingerprint density at radius 2 is 1.71 bits per heavy atom. The van der Waals surface area contributed by atoms with Crippen LogP contribution in [0.4, 0.5) is 0 Å². The maximum Gasteiger partial charge on any atom is 0.00159 e. The van der Waals surface area contributed by atoms with Gasteiger partial charge in [-0.2, -0.15) is 0 Å². The van der Waals surface area contributed by atoms with Crippen molar-refractivity contribution in [2.45, 2.75) is 20.3 Å². The van der Waals surface area contributed by atoms with Crippen molar-refractivity contribution < 1.29 is 0 Å². The third kappa shape index (κ3) is 3.93. The second-order valence-corrected chi connectivity index (χ2v) is 3.46. The van der Waals surface area contributed by atoms with Crippen molar-refractivity contribution in [1.29, 1.82) is 0 Å². The highest BCUT2D eigenvalue weighted by Crippen LogP contribution is 2.02. The van der Waals surface area contributed by atoms with Gasteiger partial charge in [-0.25, -0.2) is 0 Å². The second kappa shape index (κ2) is 6.61. The minimum Gasteiger partial charge on any atom is -0.304 e. The summed E-state index contributed by atoms with van der Waals surface area (Å²) in [6.45, 7) is 7.80. The van der Waals surface area contributed by atoms with Gasteiger partial charge in [-0.15, -0.1) is 0 Å². The molecule has 0 bridgehead atoms. The SMILES string of the molecule is CCN(CC)C[CH]Cc1ccccc1. The van der Waals surface area contributed by atoms with Gasteiger partial charge in [0.25, 0.3) is 0 Å². The van der Waals surface area contributed by atoms with Crippen molar-refractivity contribution in [3.63, 3.8) is 0 Å². The molecule has 0 amide bonds. The van der Waals surface area contributed by atoms with E-state index in [1.54, 1.807) is 0 Å². The van der Waals surface area contributed by atoms with E-state index in [-0.39, 0.29) is 0 Å². The summed E-state index contributed by atoms with van der Waals surface area (Å²) in [4.78, 5) is 2.42. The Kier molecular flexibility index (Phi) is 5.31. The molecular formula is C13H20N. The first-order valence-corrected chi connectivity index (χ1v) is 5.44. The summed E-state index contributed by atoms with van der Waals surface area (Å²) >= 11 is 0. The molecule has 0 aliphatic carbocycles. The number of hydrogen-bond donors (Lipinski definition) is 0. The van der Waals surface area contributed by atoms with E-state index in [0.717, 1.165) is 26.1 Å². The Hall–Kier alpha value is -0.820. The first-order valence-electron chi connectivity index (χ1n) is 5.44. The van der Waals surface area contributed by atoms with Gasteiger partial charge in [0.1, 0.15) is 0 Å². The van der Waals surface area contributed by atoms with Crippen LogP contribution in [0.25, 0.3) is 0 Å². The van der Waals surface area contributed by atoms with E-state index in [4.69, 9.17) is 0 Å². The standard InChI is InChI=1S/C13H20N/c1-3-14(4-2)12-8-11-13-9-6-5-7-10-13/h5-10H,3-4,11-12H2,1-2H3. The van der Waals surface area contributed by atoms with Crippen LogP contribution in [-0.4, -0.2) is 24.5 Å². The highest BCUT2D eigenvalue weighted by atomic mass is 15.1. The summed E-state index contributed by atoms with van der Waals surface area (Å²) < 4.78 is 0. The van der Waals surface area contributed by atoms with E-state index < -0.39 is 0 Å². The average molecular weight is 190 g/mol. The van der Waals surface area contributed by atoms with Crippen LogP contribution in [-0.2, 0) is 6.42 Å². The first-order chi connectivity index (χ1) is 6.86. The molecule has 0 fully saturated rings. The minimum absolute atomic E-state index is 1.08. The van der Waals surface area contributed by atoms with Gasteiger partial charge < -0.3 is 4.90 Å². The zero-order chi connectivity index (χ0) is 10.2. The fourth-order valence-electron chi connectivity index (χ4n) is 1.51. The van der Waals surface area contributed by atoms with Gasteiger partial charge >= 0.3 is 0 Å². The normalized spacial score (nSPS) is 10.8. The first kappa shape index (κ1) is 11.3. The molecule has 1 nitrogen and oxygen atoms in total. The molecule has 77 valence electrons. The van der Waals surface area contributed by atoms with Gasteiger partial charge in [0, 0.05) is 6.54 Å². The van der Waals surface area contributed by atoms with Crippen molar-refractivity contribution in [3.8, 4) is 0 Å². The van der Waals surface area contributed by atoms with E-state index >= 15 is 0 Å². The van der Waals surface area contributed by atoms with Crippen LogP contribution in [0.5, 0.6) is 0 Å². The number of nitrogens with zero attached hydrogens (tertiary/aromatic N) is 1. The molecule has 1 rings (SSSR count). The third-order valence-corrected chi connectivity index (χ3v) is 2.50. The molecular weight excluding hydrogens is 170 g/mol. The fourth-order valence-corrected chi connectivity index (χ4v) is 1.51. The van der Waals surface area contributed by atoms with Gasteiger partial charge in [-0.3, -0.25) is 0 Å². The van der Waals surface area contributed by atoms with Crippen LogP contribution in [0, 0.1) is 6.42 Å². The molecule has 1 aromatic rings. The number of hydrogen-bond acceptors (Lipinski definition) is 1. The lowest BCUT2D eigenvalue weighted by molar-refractivity contribution is 0.326. The summed E-state index contributed by atoms with van der Waals surface area (Å²) in [6.07, 6.45) is 3.43. The zero-order valence-electron chi connectivity index (χ0n) is 9.24. The molecule has 1 heteroatoms. The van der Waals surface area contributed by atoms with Crippen LogP contribution < -0.4 is 0 Å².